The fourth-order valence-corrected chi connectivity index (χ4v) is 2.83. The summed E-state index contributed by atoms with van der Waals surface area (Å²) in [5, 5.41) is 6.34. The van der Waals surface area contributed by atoms with E-state index in [1.807, 2.05) is 78.9 Å². The predicted octanol–water partition coefficient (Wildman–Crippen LogP) is 4.17. The molecule has 0 saturated heterocycles. The van der Waals surface area contributed by atoms with Crippen molar-refractivity contribution < 1.29 is 9.53 Å². The van der Waals surface area contributed by atoms with E-state index in [0.717, 1.165) is 28.1 Å². The van der Waals surface area contributed by atoms with Crippen molar-refractivity contribution in [1.29, 1.82) is 0 Å². The van der Waals surface area contributed by atoms with Crippen LogP contribution < -0.4 is 15.4 Å². The molecule has 0 aromatic heterocycles. The Labute approximate surface area is 160 Å². The third kappa shape index (κ3) is 5.61. The van der Waals surface area contributed by atoms with Gasteiger partial charge in [0.1, 0.15) is 5.75 Å². The van der Waals surface area contributed by atoms with Crippen molar-refractivity contribution in [2.24, 2.45) is 0 Å². The minimum absolute atomic E-state index is 0.0218. The molecular weight excluding hydrogens is 336 g/mol. The van der Waals surface area contributed by atoms with Crippen LogP contribution in [-0.4, -0.2) is 13.0 Å². The largest absolute Gasteiger partial charge is 0.496 e. The molecule has 0 bridgehead atoms. The van der Waals surface area contributed by atoms with E-state index in [9.17, 15) is 4.79 Å². The SMILES string of the molecule is COc1ccccc1CNc1ccc(CC(=O)NCc2ccccc2)cc1. The Kier molecular flexibility index (Phi) is 6.47. The van der Waals surface area contributed by atoms with Crippen molar-refractivity contribution in [3.8, 4) is 5.75 Å². The van der Waals surface area contributed by atoms with Crippen LogP contribution >= 0.6 is 0 Å². The number of hydrogen-bond acceptors (Lipinski definition) is 3. The Bertz CT molecular complexity index is 861. The number of rotatable bonds is 8. The van der Waals surface area contributed by atoms with Crippen LogP contribution in [0.15, 0.2) is 78.9 Å². The average Bonchev–Trinajstić information content (AvgIpc) is 2.73. The van der Waals surface area contributed by atoms with E-state index in [2.05, 4.69) is 10.6 Å². The second-order valence-electron chi connectivity index (χ2n) is 6.30. The number of anilines is 1. The van der Waals surface area contributed by atoms with Crippen LogP contribution in [0.1, 0.15) is 16.7 Å². The fourth-order valence-electron chi connectivity index (χ4n) is 2.83. The molecule has 4 heteroatoms. The second-order valence-corrected chi connectivity index (χ2v) is 6.30. The van der Waals surface area contributed by atoms with Crippen molar-refractivity contribution >= 4 is 11.6 Å². The number of para-hydroxylation sites is 1. The number of benzene rings is 3. The maximum absolute atomic E-state index is 12.1. The molecule has 4 nitrogen and oxygen atoms in total. The van der Waals surface area contributed by atoms with Gasteiger partial charge in [0.15, 0.2) is 0 Å². The molecule has 2 N–H and O–H groups in total. The normalized spacial score (nSPS) is 10.3. The minimum atomic E-state index is 0.0218. The molecule has 0 aliphatic heterocycles. The molecule has 1 amide bonds. The van der Waals surface area contributed by atoms with Crippen molar-refractivity contribution in [3.05, 3.63) is 95.6 Å². The first-order chi connectivity index (χ1) is 13.2. The van der Waals surface area contributed by atoms with Crippen LogP contribution in [0.2, 0.25) is 0 Å². The van der Waals surface area contributed by atoms with Gasteiger partial charge < -0.3 is 15.4 Å². The summed E-state index contributed by atoms with van der Waals surface area (Å²) < 4.78 is 5.37. The van der Waals surface area contributed by atoms with E-state index in [4.69, 9.17) is 4.74 Å². The summed E-state index contributed by atoms with van der Waals surface area (Å²) in [4.78, 5) is 12.1. The highest BCUT2D eigenvalue weighted by atomic mass is 16.5. The molecule has 0 heterocycles. The molecule has 0 spiro atoms. The number of carbonyl (C=O) groups excluding carboxylic acids is 1. The maximum Gasteiger partial charge on any atom is 0.224 e. The first kappa shape index (κ1) is 18.5. The fraction of sp³-hybridized carbons (Fsp3) is 0.174. The number of nitrogens with one attached hydrogen (secondary N) is 2. The molecule has 0 aliphatic carbocycles. The zero-order valence-electron chi connectivity index (χ0n) is 15.4. The van der Waals surface area contributed by atoms with Crippen molar-refractivity contribution in [1.82, 2.24) is 5.32 Å². The first-order valence-electron chi connectivity index (χ1n) is 9.00. The van der Waals surface area contributed by atoms with Gasteiger partial charge in [-0.1, -0.05) is 60.7 Å². The monoisotopic (exact) mass is 360 g/mol. The van der Waals surface area contributed by atoms with Crippen LogP contribution in [0, 0.1) is 0 Å². The smallest absolute Gasteiger partial charge is 0.224 e. The van der Waals surface area contributed by atoms with Crippen LogP contribution in [0.4, 0.5) is 5.69 Å². The molecule has 138 valence electrons. The summed E-state index contributed by atoms with van der Waals surface area (Å²) in [6, 6.07) is 25.8. The number of carbonyl (C=O) groups is 1. The van der Waals surface area contributed by atoms with Gasteiger partial charge >= 0.3 is 0 Å². The summed E-state index contributed by atoms with van der Waals surface area (Å²) in [6.45, 7) is 1.24. The van der Waals surface area contributed by atoms with Crippen molar-refractivity contribution in [3.63, 3.8) is 0 Å². The number of hydrogen-bond donors (Lipinski definition) is 2. The van der Waals surface area contributed by atoms with E-state index in [1.165, 1.54) is 0 Å². The summed E-state index contributed by atoms with van der Waals surface area (Å²) in [5.74, 6) is 0.894. The van der Waals surface area contributed by atoms with Gasteiger partial charge in [0.05, 0.1) is 13.5 Å². The molecule has 3 aromatic carbocycles. The molecule has 3 aromatic rings. The highest BCUT2D eigenvalue weighted by molar-refractivity contribution is 5.78. The lowest BCUT2D eigenvalue weighted by molar-refractivity contribution is -0.120. The summed E-state index contributed by atoms with van der Waals surface area (Å²) in [6.07, 6.45) is 0.375. The molecule has 0 fully saturated rings. The molecule has 0 aliphatic rings. The Morgan fingerprint density at radius 2 is 1.52 bits per heavy atom. The van der Waals surface area contributed by atoms with Gasteiger partial charge in [-0.25, -0.2) is 0 Å². The van der Waals surface area contributed by atoms with Crippen LogP contribution in [0.25, 0.3) is 0 Å². The van der Waals surface area contributed by atoms with Crippen molar-refractivity contribution in [2.75, 3.05) is 12.4 Å². The Balaban J connectivity index is 1.49. The Hall–Kier alpha value is -3.27. The maximum atomic E-state index is 12.1. The van der Waals surface area contributed by atoms with Gasteiger partial charge in [0, 0.05) is 24.3 Å². The Morgan fingerprint density at radius 3 is 2.26 bits per heavy atom. The van der Waals surface area contributed by atoms with Gasteiger partial charge in [-0.05, 0) is 29.3 Å². The van der Waals surface area contributed by atoms with Gasteiger partial charge in [-0.15, -0.1) is 0 Å². The molecular formula is C23H24N2O2. The topological polar surface area (TPSA) is 50.4 Å². The first-order valence-corrected chi connectivity index (χ1v) is 9.00. The van der Waals surface area contributed by atoms with Gasteiger partial charge in [0.2, 0.25) is 5.91 Å². The minimum Gasteiger partial charge on any atom is -0.496 e. The highest BCUT2D eigenvalue weighted by Gasteiger charge is 2.05. The molecule has 0 saturated carbocycles. The Morgan fingerprint density at radius 1 is 0.815 bits per heavy atom. The predicted molar refractivity (Wildman–Crippen MR) is 109 cm³/mol. The molecule has 0 radical (unpaired) electrons. The number of ether oxygens (including phenoxy) is 1. The average molecular weight is 360 g/mol. The van der Waals surface area contributed by atoms with E-state index in [0.29, 0.717) is 19.5 Å². The molecule has 0 atom stereocenters. The standard InChI is InChI=1S/C23H24N2O2/c1-27-22-10-6-5-9-20(22)17-24-21-13-11-18(12-14-21)15-23(26)25-16-19-7-3-2-4-8-19/h2-14,24H,15-17H2,1H3,(H,25,26). The quantitative estimate of drug-likeness (QED) is 0.634. The van der Waals surface area contributed by atoms with E-state index in [1.54, 1.807) is 7.11 Å². The van der Waals surface area contributed by atoms with E-state index < -0.39 is 0 Å². The van der Waals surface area contributed by atoms with E-state index in [-0.39, 0.29) is 5.91 Å². The summed E-state index contributed by atoms with van der Waals surface area (Å²) >= 11 is 0. The lowest BCUT2D eigenvalue weighted by Gasteiger charge is -2.11. The van der Waals surface area contributed by atoms with E-state index >= 15 is 0 Å². The zero-order valence-corrected chi connectivity index (χ0v) is 15.4. The van der Waals surface area contributed by atoms with Gasteiger partial charge in [0.25, 0.3) is 0 Å². The van der Waals surface area contributed by atoms with Crippen LogP contribution in [0.3, 0.4) is 0 Å². The zero-order chi connectivity index (χ0) is 18.9. The van der Waals surface area contributed by atoms with Crippen molar-refractivity contribution in [2.45, 2.75) is 19.5 Å². The molecule has 0 unspecified atom stereocenters. The number of methoxy groups -OCH3 is 1. The van der Waals surface area contributed by atoms with Crippen LogP contribution in [0.5, 0.6) is 5.75 Å². The third-order valence-corrected chi connectivity index (χ3v) is 4.33. The van der Waals surface area contributed by atoms with Gasteiger partial charge in [-0.3, -0.25) is 4.79 Å². The lowest BCUT2D eigenvalue weighted by atomic mass is 10.1. The summed E-state index contributed by atoms with van der Waals surface area (Å²) in [7, 11) is 1.68. The van der Waals surface area contributed by atoms with Gasteiger partial charge in [-0.2, -0.15) is 0 Å². The lowest BCUT2D eigenvalue weighted by Crippen LogP contribution is -2.24. The highest BCUT2D eigenvalue weighted by Crippen LogP contribution is 2.19. The van der Waals surface area contributed by atoms with Crippen LogP contribution in [-0.2, 0) is 24.3 Å². The molecule has 3 rings (SSSR count). The summed E-state index contributed by atoms with van der Waals surface area (Å²) in [5.41, 5.74) is 4.20. The molecule has 27 heavy (non-hydrogen) atoms. The second kappa shape index (κ2) is 9.43. The third-order valence-electron chi connectivity index (χ3n) is 4.33. The number of amides is 1.